The van der Waals surface area contributed by atoms with Gasteiger partial charge in [-0.25, -0.2) is 9.97 Å². The van der Waals surface area contributed by atoms with Crippen LogP contribution in [0, 0.1) is 13.8 Å². The smallest absolute Gasteiger partial charge is 0.134 e. The standard InChI is InChI=1S/C10H18N4O/c1-6(4-5-15)12-10-7(2)9(11)13-8(3)14-10/h6,15H,4-5H2,1-3H3,(H3,11,12,13,14). The van der Waals surface area contributed by atoms with Gasteiger partial charge in [-0.05, 0) is 27.2 Å². The van der Waals surface area contributed by atoms with Crippen molar-refractivity contribution < 1.29 is 5.11 Å². The molecule has 1 atom stereocenters. The van der Waals surface area contributed by atoms with Crippen LogP contribution in [0.25, 0.3) is 0 Å². The van der Waals surface area contributed by atoms with Gasteiger partial charge in [0.25, 0.3) is 0 Å². The summed E-state index contributed by atoms with van der Waals surface area (Å²) in [5, 5.41) is 12.0. The Kier molecular flexibility index (Phi) is 3.85. The summed E-state index contributed by atoms with van der Waals surface area (Å²) in [6.07, 6.45) is 0.683. The first kappa shape index (κ1) is 11.7. The van der Waals surface area contributed by atoms with Crippen molar-refractivity contribution in [2.24, 2.45) is 0 Å². The third kappa shape index (κ3) is 3.06. The lowest BCUT2D eigenvalue weighted by molar-refractivity contribution is 0.282. The molecule has 0 aliphatic rings. The van der Waals surface area contributed by atoms with Crippen molar-refractivity contribution in [3.63, 3.8) is 0 Å². The van der Waals surface area contributed by atoms with Crippen LogP contribution in [0.3, 0.4) is 0 Å². The molecule has 5 nitrogen and oxygen atoms in total. The minimum absolute atomic E-state index is 0.159. The van der Waals surface area contributed by atoms with E-state index in [2.05, 4.69) is 15.3 Å². The first-order chi connectivity index (χ1) is 7.04. The Bertz CT molecular complexity index is 340. The number of nitrogens with two attached hydrogens (primary N) is 1. The Morgan fingerprint density at radius 3 is 2.67 bits per heavy atom. The normalized spacial score (nSPS) is 12.5. The maximum absolute atomic E-state index is 8.80. The van der Waals surface area contributed by atoms with Gasteiger partial charge in [0.15, 0.2) is 0 Å². The van der Waals surface area contributed by atoms with Crippen molar-refractivity contribution in [2.75, 3.05) is 17.7 Å². The van der Waals surface area contributed by atoms with Gasteiger partial charge in [-0.1, -0.05) is 0 Å². The predicted octanol–water partition coefficient (Wildman–Crippen LogP) is 0.858. The largest absolute Gasteiger partial charge is 0.396 e. The van der Waals surface area contributed by atoms with Crippen LogP contribution in [0.15, 0.2) is 0 Å². The van der Waals surface area contributed by atoms with Gasteiger partial charge in [0.05, 0.1) is 0 Å². The lowest BCUT2D eigenvalue weighted by atomic mass is 10.2. The van der Waals surface area contributed by atoms with E-state index in [-0.39, 0.29) is 12.6 Å². The zero-order chi connectivity index (χ0) is 11.4. The van der Waals surface area contributed by atoms with E-state index in [1.54, 1.807) is 6.92 Å². The molecule has 0 amide bonds. The topological polar surface area (TPSA) is 84.1 Å². The molecule has 0 radical (unpaired) electrons. The van der Waals surface area contributed by atoms with Crippen molar-refractivity contribution in [3.8, 4) is 0 Å². The molecule has 15 heavy (non-hydrogen) atoms. The zero-order valence-electron chi connectivity index (χ0n) is 9.41. The number of hydrogen-bond acceptors (Lipinski definition) is 5. The molecule has 0 saturated heterocycles. The van der Waals surface area contributed by atoms with Crippen LogP contribution < -0.4 is 11.1 Å². The van der Waals surface area contributed by atoms with E-state index in [4.69, 9.17) is 10.8 Å². The second-order valence-electron chi connectivity index (χ2n) is 3.69. The van der Waals surface area contributed by atoms with Crippen molar-refractivity contribution >= 4 is 11.6 Å². The van der Waals surface area contributed by atoms with E-state index in [1.165, 1.54) is 0 Å². The number of aryl methyl sites for hydroxylation is 1. The minimum Gasteiger partial charge on any atom is -0.396 e. The van der Waals surface area contributed by atoms with Crippen molar-refractivity contribution in [2.45, 2.75) is 33.2 Å². The summed E-state index contributed by atoms with van der Waals surface area (Å²) in [6, 6.07) is 0.169. The number of hydrogen-bond donors (Lipinski definition) is 3. The molecular weight excluding hydrogens is 192 g/mol. The van der Waals surface area contributed by atoms with Gasteiger partial charge in [-0.3, -0.25) is 0 Å². The highest BCUT2D eigenvalue weighted by atomic mass is 16.3. The van der Waals surface area contributed by atoms with E-state index in [0.29, 0.717) is 18.1 Å². The van der Waals surface area contributed by atoms with E-state index in [1.807, 2.05) is 13.8 Å². The molecule has 1 rings (SSSR count). The summed E-state index contributed by atoms with van der Waals surface area (Å²) >= 11 is 0. The monoisotopic (exact) mass is 210 g/mol. The molecule has 0 saturated carbocycles. The Morgan fingerprint density at radius 1 is 1.40 bits per heavy atom. The highest BCUT2D eigenvalue weighted by Gasteiger charge is 2.08. The average molecular weight is 210 g/mol. The van der Waals surface area contributed by atoms with E-state index < -0.39 is 0 Å². The van der Waals surface area contributed by atoms with Gasteiger partial charge < -0.3 is 16.2 Å². The number of aliphatic hydroxyl groups excluding tert-OH is 1. The Morgan fingerprint density at radius 2 is 2.07 bits per heavy atom. The predicted molar refractivity (Wildman–Crippen MR) is 60.7 cm³/mol. The summed E-state index contributed by atoms with van der Waals surface area (Å²) in [5.74, 6) is 1.90. The number of aromatic nitrogens is 2. The molecule has 1 unspecified atom stereocenters. The molecule has 0 bridgehead atoms. The van der Waals surface area contributed by atoms with Gasteiger partial charge in [0.1, 0.15) is 17.5 Å². The summed E-state index contributed by atoms with van der Waals surface area (Å²) < 4.78 is 0. The fourth-order valence-electron chi connectivity index (χ4n) is 1.29. The van der Waals surface area contributed by atoms with E-state index in [9.17, 15) is 0 Å². The molecule has 0 spiro atoms. The van der Waals surface area contributed by atoms with Crippen LogP contribution in [-0.4, -0.2) is 27.7 Å². The second kappa shape index (κ2) is 4.93. The van der Waals surface area contributed by atoms with Crippen LogP contribution in [0.1, 0.15) is 24.7 Å². The molecule has 5 heteroatoms. The molecule has 1 aromatic heterocycles. The first-order valence-electron chi connectivity index (χ1n) is 5.02. The number of anilines is 2. The number of nitrogens with one attached hydrogen (secondary N) is 1. The molecular formula is C10H18N4O. The molecule has 1 heterocycles. The van der Waals surface area contributed by atoms with Gasteiger partial charge in [0.2, 0.25) is 0 Å². The van der Waals surface area contributed by atoms with Crippen LogP contribution in [0.4, 0.5) is 11.6 Å². The molecule has 4 N–H and O–H groups in total. The average Bonchev–Trinajstić information content (AvgIpc) is 2.13. The van der Waals surface area contributed by atoms with Gasteiger partial charge in [-0.15, -0.1) is 0 Å². The summed E-state index contributed by atoms with van der Waals surface area (Å²) in [6.45, 7) is 5.83. The van der Waals surface area contributed by atoms with Crippen LogP contribution in [0.5, 0.6) is 0 Å². The SMILES string of the molecule is Cc1nc(N)c(C)c(NC(C)CCO)n1. The maximum atomic E-state index is 8.80. The zero-order valence-corrected chi connectivity index (χ0v) is 9.41. The molecule has 0 aromatic carbocycles. The van der Waals surface area contributed by atoms with Crippen molar-refractivity contribution in [1.29, 1.82) is 0 Å². The molecule has 0 aliphatic carbocycles. The third-order valence-corrected chi connectivity index (χ3v) is 2.24. The highest BCUT2D eigenvalue weighted by molar-refractivity contribution is 5.55. The van der Waals surface area contributed by atoms with Crippen LogP contribution >= 0.6 is 0 Å². The molecule has 0 fully saturated rings. The molecule has 84 valence electrons. The van der Waals surface area contributed by atoms with Crippen molar-refractivity contribution in [1.82, 2.24) is 9.97 Å². The summed E-state index contributed by atoms with van der Waals surface area (Å²) in [5.41, 5.74) is 6.58. The third-order valence-electron chi connectivity index (χ3n) is 2.24. The van der Waals surface area contributed by atoms with Gasteiger partial charge >= 0.3 is 0 Å². The minimum atomic E-state index is 0.159. The Labute approximate surface area is 89.7 Å². The molecule has 1 aromatic rings. The molecule has 0 aliphatic heterocycles. The maximum Gasteiger partial charge on any atom is 0.134 e. The van der Waals surface area contributed by atoms with Crippen LogP contribution in [0.2, 0.25) is 0 Å². The Balaban J connectivity index is 2.84. The fourth-order valence-corrected chi connectivity index (χ4v) is 1.29. The van der Waals surface area contributed by atoms with E-state index >= 15 is 0 Å². The summed E-state index contributed by atoms with van der Waals surface area (Å²) in [4.78, 5) is 8.34. The lowest BCUT2D eigenvalue weighted by Gasteiger charge is -2.16. The van der Waals surface area contributed by atoms with Gasteiger partial charge in [-0.2, -0.15) is 0 Å². The van der Waals surface area contributed by atoms with Crippen molar-refractivity contribution in [3.05, 3.63) is 11.4 Å². The second-order valence-corrected chi connectivity index (χ2v) is 3.69. The van der Waals surface area contributed by atoms with Gasteiger partial charge in [0, 0.05) is 18.2 Å². The first-order valence-corrected chi connectivity index (χ1v) is 5.02. The fraction of sp³-hybridized carbons (Fsp3) is 0.600. The lowest BCUT2D eigenvalue weighted by Crippen LogP contribution is -2.19. The Hall–Kier alpha value is -1.36. The number of nitrogen functional groups attached to an aromatic ring is 1. The number of nitrogens with zero attached hydrogens (tertiary/aromatic N) is 2. The number of rotatable bonds is 4. The quantitative estimate of drug-likeness (QED) is 0.686. The highest BCUT2D eigenvalue weighted by Crippen LogP contribution is 2.17. The summed E-state index contributed by atoms with van der Waals surface area (Å²) in [7, 11) is 0. The number of aliphatic hydroxyl groups is 1. The van der Waals surface area contributed by atoms with E-state index in [0.717, 1.165) is 11.4 Å². The van der Waals surface area contributed by atoms with Crippen LogP contribution in [-0.2, 0) is 0 Å².